The lowest BCUT2D eigenvalue weighted by Gasteiger charge is -2.36. The number of likely N-dealkylation sites (N-methyl/N-ethyl adjacent to an activating group) is 1. The van der Waals surface area contributed by atoms with Gasteiger partial charge in [0.2, 0.25) is 5.91 Å². The van der Waals surface area contributed by atoms with Gasteiger partial charge < -0.3 is 24.9 Å². The molecule has 2 aliphatic carbocycles. The van der Waals surface area contributed by atoms with Crippen molar-refractivity contribution in [2.24, 2.45) is 0 Å². The Morgan fingerprint density at radius 1 is 1.10 bits per heavy atom. The average molecular weight is 419 g/mol. The van der Waals surface area contributed by atoms with Gasteiger partial charge in [-0.3, -0.25) is 4.79 Å². The molecule has 0 atom stereocenters. The van der Waals surface area contributed by atoms with Crippen molar-refractivity contribution in [1.82, 2.24) is 9.80 Å². The van der Waals surface area contributed by atoms with E-state index in [1.165, 1.54) is 11.0 Å². The van der Waals surface area contributed by atoms with Crippen LogP contribution in [0.5, 0.6) is 0 Å². The smallest absolute Gasteiger partial charge is 0.407 e. The number of carbonyl (C=O) groups excluding carboxylic acids is 1. The zero-order valence-electron chi connectivity index (χ0n) is 17.4. The highest BCUT2D eigenvalue weighted by Crippen LogP contribution is 2.51. The largest absolute Gasteiger partial charge is 0.465 e. The lowest BCUT2D eigenvalue weighted by atomic mass is 9.89. The van der Waals surface area contributed by atoms with Gasteiger partial charge in [0.15, 0.2) is 0 Å². The lowest BCUT2D eigenvalue weighted by Crippen LogP contribution is -2.48. The van der Waals surface area contributed by atoms with E-state index in [2.05, 4.69) is 0 Å². The molecule has 1 aliphatic heterocycles. The van der Waals surface area contributed by atoms with E-state index in [0.717, 1.165) is 18.5 Å². The van der Waals surface area contributed by atoms with Crippen LogP contribution >= 0.6 is 0 Å². The first-order valence-electron chi connectivity index (χ1n) is 10.8. The van der Waals surface area contributed by atoms with E-state index in [9.17, 15) is 14.7 Å². The second kappa shape index (κ2) is 8.06. The normalized spacial score (nSPS) is 25.7. The summed E-state index contributed by atoms with van der Waals surface area (Å²) in [6.07, 6.45) is 3.06. The molecule has 0 unspecified atom stereocenters. The van der Waals surface area contributed by atoms with Gasteiger partial charge in [0.05, 0.1) is 11.5 Å². The number of benzene rings is 1. The van der Waals surface area contributed by atoms with E-state index in [4.69, 9.17) is 5.11 Å². The number of aliphatic hydroxyl groups excluding tert-OH is 1. The highest BCUT2D eigenvalue weighted by atomic mass is 19.1. The van der Waals surface area contributed by atoms with Crippen molar-refractivity contribution < 1.29 is 24.2 Å². The molecule has 30 heavy (non-hydrogen) atoms. The van der Waals surface area contributed by atoms with Crippen LogP contribution in [-0.4, -0.2) is 77.4 Å². The molecule has 1 heterocycles. The number of nitrogens with zero attached hydrogens (tertiary/aromatic N) is 3. The van der Waals surface area contributed by atoms with E-state index in [1.54, 1.807) is 18.0 Å². The molecule has 1 saturated heterocycles. The Balaban J connectivity index is 1.46. The average Bonchev–Trinajstić information content (AvgIpc) is 3.55. The van der Waals surface area contributed by atoms with Crippen molar-refractivity contribution in [1.29, 1.82) is 0 Å². The molecule has 0 radical (unpaired) electrons. The summed E-state index contributed by atoms with van der Waals surface area (Å²) in [6.45, 7) is 1.82. The first-order valence-corrected chi connectivity index (χ1v) is 10.8. The highest BCUT2D eigenvalue weighted by molar-refractivity contribution is 5.91. The van der Waals surface area contributed by atoms with Gasteiger partial charge in [-0.2, -0.15) is 0 Å². The van der Waals surface area contributed by atoms with Gasteiger partial charge in [-0.05, 0) is 50.7 Å². The van der Waals surface area contributed by atoms with E-state index in [-0.39, 0.29) is 23.9 Å². The zero-order chi connectivity index (χ0) is 21.5. The molecular weight excluding hydrogens is 389 g/mol. The predicted molar refractivity (Wildman–Crippen MR) is 110 cm³/mol. The third-order valence-corrected chi connectivity index (χ3v) is 7.08. The van der Waals surface area contributed by atoms with Gasteiger partial charge in [0, 0.05) is 50.5 Å². The van der Waals surface area contributed by atoms with E-state index >= 15 is 4.39 Å². The standard InChI is InChI=1S/C22H30FN3O4/c1-24(15-2-5-17(27)6-3-15)20(28)22(8-9-22)18-7-4-16(14-19(18)23)25-10-12-26(13-11-25)21(29)30/h4,7,14-15,17,27H,2-3,5-6,8-13H2,1H3,(H,29,30). The maximum atomic E-state index is 15.1. The van der Waals surface area contributed by atoms with Crippen molar-refractivity contribution in [2.75, 3.05) is 38.1 Å². The molecule has 1 aromatic carbocycles. The van der Waals surface area contributed by atoms with Crippen LogP contribution in [0.15, 0.2) is 18.2 Å². The van der Waals surface area contributed by atoms with Crippen LogP contribution in [0, 0.1) is 5.82 Å². The van der Waals surface area contributed by atoms with Gasteiger partial charge >= 0.3 is 6.09 Å². The summed E-state index contributed by atoms with van der Waals surface area (Å²) in [5.41, 5.74) is 0.414. The number of aliphatic hydroxyl groups is 1. The first kappa shape index (κ1) is 20.9. The highest BCUT2D eigenvalue weighted by Gasteiger charge is 2.54. The number of hydrogen-bond acceptors (Lipinski definition) is 4. The van der Waals surface area contributed by atoms with Crippen LogP contribution in [0.1, 0.15) is 44.1 Å². The molecule has 4 rings (SSSR count). The summed E-state index contributed by atoms with van der Waals surface area (Å²) in [6, 6.07) is 5.17. The summed E-state index contributed by atoms with van der Waals surface area (Å²) < 4.78 is 15.1. The fraction of sp³-hybridized carbons (Fsp3) is 0.636. The summed E-state index contributed by atoms with van der Waals surface area (Å²) >= 11 is 0. The van der Waals surface area contributed by atoms with E-state index < -0.39 is 11.5 Å². The monoisotopic (exact) mass is 419 g/mol. The summed E-state index contributed by atoms with van der Waals surface area (Å²) in [4.78, 5) is 29.4. The van der Waals surface area contributed by atoms with Crippen molar-refractivity contribution in [2.45, 2.75) is 56.1 Å². The lowest BCUT2D eigenvalue weighted by molar-refractivity contribution is -0.135. The molecule has 2 N–H and O–H groups in total. The molecule has 2 saturated carbocycles. The molecule has 0 bridgehead atoms. The third kappa shape index (κ3) is 3.85. The van der Waals surface area contributed by atoms with Crippen LogP contribution in [0.25, 0.3) is 0 Å². The number of rotatable bonds is 4. The molecule has 164 valence electrons. The summed E-state index contributed by atoms with van der Waals surface area (Å²) in [5, 5.41) is 18.8. The second-order valence-corrected chi connectivity index (χ2v) is 8.88. The van der Waals surface area contributed by atoms with Gasteiger partial charge in [0.1, 0.15) is 5.82 Å². The Bertz CT molecular complexity index is 813. The minimum Gasteiger partial charge on any atom is -0.465 e. The van der Waals surface area contributed by atoms with Crippen LogP contribution < -0.4 is 4.90 Å². The fourth-order valence-corrected chi connectivity index (χ4v) is 4.92. The van der Waals surface area contributed by atoms with Gasteiger partial charge in [-0.25, -0.2) is 9.18 Å². The molecular formula is C22H30FN3O4. The van der Waals surface area contributed by atoms with E-state index in [0.29, 0.717) is 57.4 Å². The summed E-state index contributed by atoms with van der Waals surface area (Å²) in [5.74, 6) is -0.392. The van der Waals surface area contributed by atoms with Gasteiger partial charge in [0.25, 0.3) is 0 Å². The fourth-order valence-electron chi connectivity index (χ4n) is 4.92. The Labute approximate surface area is 176 Å². The van der Waals surface area contributed by atoms with Crippen molar-refractivity contribution in [3.05, 3.63) is 29.6 Å². The molecule has 3 fully saturated rings. The van der Waals surface area contributed by atoms with Crippen LogP contribution in [0.4, 0.5) is 14.9 Å². The van der Waals surface area contributed by atoms with Crippen LogP contribution in [0.2, 0.25) is 0 Å². The molecule has 7 nitrogen and oxygen atoms in total. The van der Waals surface area contributed by atoms with Crippen molar-refractivity contribution in [3.8, 4) is 0 Å². The second-order valence-electron chi connectivity index (χ2n) is 8.88. The SMILES string of the molecule is CN(C(=O)C1(c2ccc(N3CCN(C(=O)O)CC3)cc2F)CC1)C1CCC(O)CC1. The predicted octanol–water partition coefficient (Wildman–Crippen LogP) is 2.42. The Hall–Kier alpha value is -2.35. The first-order chi connectivity index (χ1) is 14.3. The summed E-state index contributed by atoms with van der Waals surface area (Å²) in [7, 11) is 1.80. The van der Waals surface area contributed by atoms with Crippen LogP contribution in [0.3, 0.4) is 0 Å². The number of halogens is 1. The van der Waals surface area contributed by atoms with E-state index in [1.807, 2.05) is 11.0 Å². The topological polar surface area (TPSA) is 84.3 Å². The van der Waals surface area contributed by atoms with Gasteiger partial charge in [-0.1, -0.05) is 6.07 Å². The van der Waals surface area contributed by atoms with Crippen molar-refractivity contribution >= 4 is 17.7 Å². The number of carbonyl (C=O) groups is 2. The number of piperazine rings is 1. The Morgan fingerprint density at radius 2 is 1.73 bits per heavy atom. The molecule has 3 aliphatic rings. The Morgan fingerprint density at radius 3 is 2.27 bits per heavy atom. The quantitative estimate of drug-likeness (QED) is 0.783. The minimum atomic E-state index is -0.929. The number of amides is 2. The number of anilines is 1. The number of hydrogen-bond donors (Lipinski definition) is 2. The molecule has 0 spiro atoms. The molecule has 8 heteroatoms. The number of carboxylic acid groups (broad SMARTS) is 1. The van der Waals surface area contributed by atoms with Gasteiger partial charge in [-0.15, -0.1) is 0 Å². The zero-order valence-corrected chi connectivity index (χ0v) is 17.4. The molecule has 1 aromatic rings. The minimum absolute atomic E-state index is 0.0226. The molecule has 2 amide bonds. The van der Waals surface area contributed by atoms with Crippen molar-refractivity contribution in [3.63, 3.8) is 0 Å². The molecule has 0 aromatic heterocycles. The Kier molecular flexibility index (Phi) is 5.61. The maximum absolute atomic E-state index is 15.1. The maximum Gasteiger partial charge on any atom is 0.407 e. The van der Waals surface area contributed by atoms with Crippen LogP contribution in [-0.2, 0) is 10.2 Å². The third-order valence-electron chi connectivity index (χ3n) is 7.08.